The smallest absolute Gasteiger partial charge is 0.271 e. The molecule has 0 bridgehead atoms. The molecule has 1 aromatic heterocycles. The Morgan fingerprint density at radius 3 is 2.21 bits per heavy atom. The molecule has 0 aliphatic heterocycles. The van der Waals surface area contributed by atoms with E-state index >= 15 is 0 Å². The zero-order valence-electron chi connectivity index (χ0n) is 19.2. The molecule has 0 saturated heterocycles. The van der Waals surface area contributed by atoms with Crippen LogP contribution in [0.25, 0.3) is 0 Å². The average Bonchev–Trinajstić information content (AvgIpc) is 3.31. The molecule has 1 N–H and O–H groups in total. The van der Waals surface area contributed by atoms with Gasteiger partial charge in [0.15, 0.2) is 0 Å². The van der Waals surface area contributed by atoms with Crippen LogP contribution in [0.5, 0.6) is 0 Å². The van der Waals surface area contributed by atoms with Crippen molar-refractivity contribution in [2.75, 3.05) is 0 Å². The summed E-state index contributed by atoms with van der Waals surface area (Å²) in [5.41, 5.74) is 1.89. The van der Waals surface area contributed by atoms with Gasteiger partial charge in [-0.3, -0.25) is 9.59 Å². The summed E-state index contributed by atoms with van der Waals surface area (Å²) >= 11 is 1.32. The Kier molecular flexibility index (Phi) is 9.70. The van der Waals surface area contributed by atoms with E-state index < -0.39 is 0 Å². The molecule has 0 aliphatic rings. The second-order valence-corrected chi connectivity index (χ2v) is 9.07. The van der Waals surface area contributed by atoms with Gasteiger partial charge in [0.1, 0.15) is 22.3 Å². The van der Waals surface area contributed by atoms with Crippen molar-refractivity contribution in [3.05, 3.63) is 87.4 Å². The Labute approximate surface area is 202 Å². The first-order valence-electron chi connectivity index (χ1n) is 11.4. The number of halogens is 2. The fourth-order valence-corrected chi connectivity index (χ4v) is 4.22. The minimum absolute atomic E-state index is 0.0120. The van der Waals surface area contributed by atoms with Crippen molar-refractivity contribution < 1.29 is 18.4 Å². The van der Waals surface area contributed by atoms with Gasteiger partial charge in [-0.05, 0) is 41.8 Å². The first-order chi connectivity index (χ1) is 16.4. The van der Waals surface area contributed by atoms with Crippen LogP contribution in [0.1, 0.15) is 65.7 Å². The van der Waals surface area contributed by atoms with Gasteiger partial charge in [-0.1, -0.05) is 50.5 Å². The highest BCUT2D eigenvalue weighted by Crippen LogP contribution is 2.17. The molecular formula is C26H29F2N3O2S. The second-order valence-electron chi connectivity index (χ2n) is 8.12. The van der Waals surface area contributed by atoms with Crippen LogP contribution in [0.2, 0.25) is 0 Å². The van der Waals surface area contributed by atoms with Crippen LogP contribution >= 0.6 is 11.3 Å². The summed E-state index contributed by atoms with van der Waals surface area (Å²) in [5.74, 6) is -0.970. The monoisotopic (exact) mass is 485 g/mol. The van der Waals surface area contributed by atoms with Gasteiger partial charge >= 0.3 is 0 Å². The topological polar surface area (TPSA) is 62.3 Å². The predicted molar refractivity (Wildman–Crippen MR) is 129 cm³/mol. The summed E-state index contributed by atoms with van der Waals surface area (Å²) in [6.45, 7) is 3.01. The molecule has 2 amide bonds. The lowest BCUT2D eigenvalue weighted by Crippen LogP contribution is -2.30. The summed E-state index contributed by atoms with van der Waals surface area (Å²) in [6.07, 6.45) is 4.45. The second kappa shape index (κ2) is 12.9. The summed E-state index contributed by atoms with van der Waals surface area (Å²) in [7, 11) is 0. The fraction of sp³-hybridized carbons (Fsp3) is 0.346. The molecule has 0 unspecified atom stereocenters. The molecule has 5 nitrogen and oxygen atoms in total. The fourth-order valence-electron chi connectivity index (χ4n) is 3.43. The van der Waals surface area contributed by atoms with Crippen LogP contribution in [0.15, 0.2) is 53.9 Å². The van der Waals surface area contributed by atoms with E-state index in [0.29, 0.717) is 18.0 Å². The van der Waals surface area contributed by atoms with Gasteiger partial charge in [-0.25, -0.2) is 13.8 Å². The molecular weight excluding hydrogens is 456 g/mol. The van der Waals surface area contributed by atoms with Crippen LogP contribution in [0.3, 0.4) is 0 Å². The van der Waals surface area contributed by atoms with E-state index in [-0.39, 0.29) is 42.2 Å². The molecule has 2 aromatic carbocycles. The number of unbranched alkanes of at least 4 members (excludes halogenated alkanes) is 3. The first-order valence-corrected chi connectivity index (χ1v) is 12.3. The highest BCUT2D eigenvalue weighted by atomic mass is 32.1. The molecule has 3 rings (SSSR count). The minimum Gasteiger partial charge on any atom is -0.347 e. The Morgan fingerprint density at radius 1 is 0.912 bits per heavy atom. The third-order valence-corrected chi connectivity index (χ3v) is 6.19. The predicted octanol–water partition coefficient (Wildman–Crippen LogP) is 5.85. The number of thiazole rings is 1. The van der Waals surface area contributed by atoms with Crippen molar-refractivity contribution >= 4 is 23.2 Å². The molecule has 8 heteroatoms. The van der Waals surface area contributed by atoms with E-state index in [4.69, 9.17) is 0 Å². The lowest BCUT2D eigenvalue weighted by atomic mass is 10.1. The number of nitrogens with one attached hydrogen (secondary N) is 1. The molecule has 0 radical (unpaired) electrons. The quantitative estimate of drug-likeness (QED) is 0.327. The summed E-state index contributed by atoms with van der Waals surface area (Å²) in [6, 6.07) is 12.0. The van der Waals surface area contributed by atoms with E-state index in [1.54, 1.807) is 34.5 Å². The van der Waals surface area contributed by atoms with Crippen molar-refractivity contribution in [1.29, 1.82) is 0 Å². The lowest BCUT2D eigenvalue weighted by Gasteiger charge is -2.22. The molecule has 0 spiro atoms. The van der Waals surface area contributed by atoms with E-state index in [1.807, 2.05) is 0 Å². The first kappa shape index (κ1) is 25.5. The van der Waals surface area contributed by atoms with Crippen molar-refractivity contribution in [3.8, 4) is 0 Å². The van der Waals surface area contributed by atoms with E-state index in [2.05, 4.69) is 17.2 Å². The Bertz CT molecular complexity index is 1070. The average molecular weight is 486 g/mol. The normalized spacial score (nSPS) is 10.8. The van der Waals surface area contributed by atoms with Gasteiger partial charge in [0.25, 0.3) is 5.91 Å². The maximum atomic E-state index is 13.3. The van der Waals surface area contributed by atoms with Crippen LogP contribution in [0.4, 0.5) is 8.78 Å². The van der Waals surface area contributed by atoms with Crippen LogP contribution in [0, 0.1) is 11.6 Å². The van der Waals surface area contributed by atoms with Crippen molar-refractivity contribution in [1.82, 2.24) is 15.2 Å². The van der Waals surface area contributed by atoms with E-state index in [9.17, 15) is 18.4 Å². The van der Waals surface area contributed by atoms with Gasteiger partial charge in [-0.15, -0.1) is 11.3 Å². The molecule has 180 valence electrons. The number of benzene rings is 2. The molecule has 3 aromatic rings. The molecule has 0 fully saturated rings. The third-order valence-electron chi connectivity index (χ3n) is 5.36. The van der Waals surface area contributed by atoms with Gasteiger partial charge in [0.2, 0.25) is 5.91 Å². The largest absolute Gasteiger partial charge is 0.347 e. The van der Waals surface area contributed by atoms with Gasteiger partial charge in [0.05, 0.1) is 6.54 Å². The minimum atomic E-state index is -0.331. The van der Waals surface area contributed by atoms with Crippen molar-refractivity contribution in [3.63, 3.8) is 0 Å². The van der Waals surface area contributed by atoms with Gasteiger partial charge in [-0.2, -0.15) is 0 Å². The lowest BCUT2D eigenvalue weighted by molar-refractivity contribution is -0.132. The number of carbonyl (C=O) groups is 2. The standard InChI is InChI=1S/C26H29F2N3O2S/c1-2-3-4-5-6-25(32)31(16-20-9-13-22(28)14-10-20)17-24-30-23(18-34-24)26(33)29-15-19-7-11-21(27)12-8-19/h7-14,18H,2-6,15-17H2,1H3,(H,29,33). The molecule has 1 heterocycles. The summed E-state index contributed by atoms with van der Waals surface area (Å²) in [4.78, 5) is 31.5. The van der Waals surface area contributed by atoms with Gasteiger partial charge < -0.3 is 10.2 Å². The zero-order chi connectivity index (χ0) is 24.3. The Balaban J connectivity index is 1.62. The van der Waals surface area contributed by atoms with Gasteiger partial charge in [0, 0.05) is 24.9 Å². The zero-order valence-corrected chi connectivity index (χ0v) is 20.0. The maximum absolute atomic E-state index is 13.3. The number of hydrogen-bond acceptors (Lipinski definition) is 4. The molecule has 0 saturated carbocycles. The molecule has 0 atom stereocenters. The summed E-state index contributed by atoms with van der Waals surface area (Å²) in [5, 5.41) is 5.09. The molecule has 34 heavy (non-hydrogen) atoms. The Hall–Kier alpha value is -3.13. The Morgan fingerprint density at radius 2 is 1.56 bits per heavy atom. The third kappa shape index (κ3) is 8.02. The van der Waals surface area contributed by atoms with E-state index in [0.717, 1.165) is 36.8 Å². The summed E-state index contributed by atoms with van der Waals surface area (Å²) < 4.78 is 26.3. The highest BCUT2D eigenvalue weighted by Gasteiger charge is 2.18. The maximum Gasteiger partial charge on any atom is 0.271 e. The number of amides is 2. The number of rotatable bonds is 12. The van der Waals surface area contributed by atoms with Crippen LogP contribution in [-0.4, -0.2) is 21.7 Å². The van der Waals surface area contributed by atoms with E-state index in [1.165, 1.54) is 35.6 Å². The number of aromatic nitrogens is 1. The van der Waals surface area contributed by atoms with Crippen molar-refractivity contribution in [2.24, 2.45) is 0 Å². The van der Waals surface area contributed by atoms with Crippen LogP contribution in [-0.2, 0) is 24.4 Å². The number of hydrogen-bond donors (Lipinski definition) is 1. The molecule has 0 aliphatic carbocycles. The SMILES string of the molecule is CCCCCCC(=O)N(Cc1ccc(F)cc1)Cc1nc(C(=O)NCc2ccc(F)cc2)cs1. The van der Waals surface area contributed by atoms with Crippen LogP contribution < -0.4 is 5.32 Å². The highest BCUT2D eigenvalue weighted by molar-refractivity contribution is 7.09. The number of carbonyl (C=O) groups excluding carboxylic acids is 2. The van der Waals surface area contributed by atoms with Crippen molar-refractivity contribution in [2.45, 2.75) is 58.7 Å². The number of nitrogens with zero attached hydrogens (tertiary/aromatic N) is 2.